The number of hydrogen-bond donors (Lipinski definition) is 3. The molecule has 1 saturated carbocycles. The SMILES string of the molecule is CNCc1cc(C[C@@H](O)CO)ccc1C1CCC(N(C)C(=O)c2ccc(Cl)cc2)CC1. The summed E-state index contributed by atoms with van der Waals surface area (Å²) in [5.41, 5.74) is 4.31. The van der Waals surface area contributed by atoms with Crippen LogP contribution in [0.5, 0.6) is 0 Å². The highest BCUT2D eigenvalue weighted by atomic mass is 35.5. The van der Waals surface area contributed by atoms with E-state index in [1.54, 1.807) is 24.3 Å². The maximum absolute atomic E-state index is 12.8. The molecule has 1 fully saturated rings. The second-order valence-corrected chi connectivity index (χ2v) is 8.97. The maximum Gasteiger partial charge on any atom is 0.253 e. The molecule has 168 valence electrons. The maximum atomic E-state index is 12.8. The number of nitrogens with zero attached hydrogens (tertiary/aromatic N) is 1. The molecule has 1 amide bonds. The van der Waals surface area contributed by atoms with Crippen molar-refractivity contribution in [3.63, 3.8) is 0 Å². The topological polar surface area (TPSA) is 72.8 Å². The number of carbonyl (C=O) groups is 1. The minimum absolute atomic E-state index is 0.0442. The van der Waals surface area contributed by atoms with Crippen molar-refractivity contribution in [2.75, 3.05) is 20.7 Å². The van der Waals surface area contributed by atoms with Crippen molar-refractivity contribution in [3.8, 4) is 0 Å². The number of carbonyl (C=O) groups excluding carboxylic acids is 1. The van der Waals surface area contributed by atoms with Gasteiger partial charge in [0.2, 0.25) is 0 Å². The first-order valence-corrected chi connectivity index (χ1v) is 11.4. The van der Waals surface area contributed by atoms with E-state index in [-0.39, 0.29) is 18.6 Å². The zero-order valence-corrected chi connectivity index (χ0v) is 19.1. The van der Waals surface area contributed by atoms with E-state index >= 15 is 0 Å². The number of hydrogen-bond acceptors (Lipinski definition) is 4. The van der Waals surface area contributed by atoms with Gasteiger partial charge in [-0.1, -0.05) is 29.8 Å². The van der Waals surface area contributed by atoms with Crippen LogP contribution in [0, 0.1) is 0 Å². The van der Waals surface area contributed by atoms with E-state index in [0.29, 0.717) is 22.9 Å². The number of aliphatic hydroxyl groups excluding tert-OH is 2. The monoisotopic (exact) mass is 444 g/mol. The Labute approximate surface area is 190 Å². The molecule has 6 heteroatoms. The molecule has 3 rings (SSSR count). The van der Waals surface area contributed by atoms with Crippen molar-refractivity contribution >= 4 is 17.5 Å². The van der Waals surface area contributed by atoms with Crippen molar-refractivity contribution in [2.45, 2.75) is 56.7 Å². The molecular formula is C25H33ClN2O3. The van der Waals surface area contributed by atoms with Gasteiger partial charge in [0.25, 0.3) is 5.91 Å². The standard InChI is InChI=1S/C25H33ClN2O3/c1-27-15-20-13-17(14-23(30)16-29)3-12-24(20)18-6-10-22(11-7-18)28(2)25(31)19-4-8-21(26)9-5-19/h3-5,8-9,12-13,18,22-23,27,29-30H,6-7,10-11,14-16H2,1-2H3/t18?,22?,23-/m1/s1. The first-order valence-electron chi connectivity index (χ1n) is 11.0. The molecule has 0 heterocycles. The molecule has 1 aliphatic carbocycles. The summed E-state index contributed by atoms with van der Waals surface area (Å²) in [5.74, 6) is 0.512. The Kier molecular flexibility index (Phi) is 8.50. The molecule has 0 unspecified atom stereocenters. The highest BCUT2D eigenvalue weighted by Crippen LogP contribution is 2.37. The van der Waals surface area contributed by atoms with E-state index in [9.17, 15) is 9.90 Å². The summed E-state index contributed by atoms with van der Waals surface area (Å²) in [4.78, 5) is 14.7. The molecule has 31 heavy (non-hydrogen) atoms. The van der Waals surface area contributed by atoms with Crippen LogP contribution < -0.4 is 5.32 Å². The summed E-state index contributed by atoms with van der Waals surface area (Å²) >= 11 is 5.94. The molecule has 3 N–H and O–H groups in total. The van der Waals surface area contributed by atoms with Crippen LogP contribution in [0.2, 0.25) is 5.02 Å². The normalized spacial score (nSPS) is 19.8. The van der Waals surface area contributed by atoms with Gasteiger partial charge >= 0.3 is 0 Å². The largest absolute Gasteiger partial charge is 0.394 e. The fraction of sp³-hybridized carbons (Fsp3) is 0.480. The van der Waals surface area contributed by atoms with Crippen LogP contribution in [0.1, 0.15) is 58.6 Å². The number of amides is 1. The Morgan fingerprint density at radius 2 is 1.84 bits per heavy atom. The predicted octanol–water partition coefficient (Wildman–Crippen LogP) is 3.75. The van der Waals surface area contributed by atoms with Gasteiger partial charge in [-0.05, 0) is 79.6 Å². The molecule has 0 bridgehead atoms. The summed E-state index contributed by atoms with van der Waals surface area (Å²) < 4.78 is 0. The number of rotatable bonds is 8. The highest BCUT2D eigenvalue weighted by Gasteiger charge is 2.28. The second-order valence-electron chi connectivity index (χ2n) is 8.53. The molecule has 0 aliphatic heterocycles. The van der Waals surface area contributed by atoms with Crippen LogP contribution in [-0.4, -0.2) is 53.9 Å². The molecule has 5 nitrogen and oxygen atoms in total. The molecule has 0 aromatic heterocycles. The van der Waals surface area contributed by atoms with Gasteiger partial charge in [-0.25, -0.2) is 0 Å². The Balaban J connectivity index is 1.65. The number of nitrogens with one attached hydrogen (secondary N) is 1. The second kappa shape index (κ2) is 11.1. The molecular weight excluding hydrogens is 412 g/mol. The fourth-order valence-electron chi connectivity index (χ4n) is 4.60. The van der Waals surface area contributed by atoms with E-state index in [0.717, 1.165) is 37.8 Å². The molecule has 1 aliphatic rings. The van der Waals surface area contributed by atoms with Gasteiger partial charge < -0.3 is 20.4 Å². The average Bonchev–Trinajstić information content (AvgIpc) is 2.79. The van der Waals surface area contributed by atoms with Gasteiger partial charge in [-0.2, -0.15) is 0 Å². The van der Waals surface area contributed by atoms with E-state index in [4.69, 9.17) is 16.7 Å². The summed E-state index contributed by atoms with van der Waals surface area (Å²) in [7, 11) is 3.84. The first kappa shape index (κ1) is 23.7. The zero-order chi connectivity index (χ0) is 22.4. The summed E-state index contributed by atoms with van der Waals surface area (Å²) in [6.45, 7) is 0.544. The van der Waals surface area contributed by atoms with Gasteiger partial charge in [-0.15, -0.1) is 0 Å². The van der Waals surface area contributed by atoms with Crippen molar-refractivity contribution in [1.29, 1.82) is 0 Å². The predicted molar refractivity (Wildman–Crippen MR) is 125 cm³/mol. The fourth-order valence-corrected chi connectivity index (χ4v) is 4.73. The van der Waals surface area contributed by atoms with Gasteiger partial charge in [-0.3, -0.25) is 4.79 Å². The van der Waals surface area contributed by atoms with Crippen molar-refractivity contribution in [1.82, 2.24) is 10.2 Å². The van der Waals surface area contributed by atoms with Crippen LogP contribution in [-0.2, 0) is 13.0 Å². The zero-order valence-electron chi connectivity index (χ0n) is 18.4. The lowest BCUT2D eigenvalue weighted by atomic mass is 9.79. The summed E-state index contributed by atoms with van der Waals surface area (Å²) in [5, 5.41) is 22.8. The molecule has 0 radical (unpaired) electrons. The van der Waals surface area contributed by atoms with E-state index < -0.39 is 6.10 Å². The molecule has 1 atom stereocenters. The smallest absolute Gasteiger partial charge is 0.253 e. The Hall–Kier alpha value is -1.92. The van der Waals surface area contributed by atoms with E-state index in [1.807, 2.05) is 19.0 Å². The summed E-state index contributed by atoms with van der Waals surface area (Å²) in [6.07, 6.45) is 3.76. The van der Waals surface area contributed by atoms with Gasteiger partial charge in [0.15, 0.2) is 0 Å². The van der Waals surface area contributed by atoms with Crippen LogP contribution in [0.4, 0.5) is 0 Å². The Morgan fingerprint density at radius 3 is 2.45 bits per heavy atom. The van der Waals surface area contributed by atoms with Crippen molar-refractivity contribution in [2.24, 2.45) is 0 Å². The summed E-state index contributed by atoms with van der Waals surface area (Å²) in [6, 6.07) is 13.7. The molecule has 0 saturated heterocycles. The lowest BCUT2D eigenvalue weighted by Gasteiger charge is -2.35. The van der Waals surface area contributed by atoms with E-state index in [2.05, 4.69) is 23.5 Å². The third-order valence-electron chi connectivity index (χ3n) is 6.35. The number of aliphatic hydroxyl groups is 2. The first-order chi connectivity index (χ1) is 14.9. The third-order valence-corrected chi connectivity index (χ3v) is 6.60. The quantitative estimate of drug-likeness (QED) is 0.579. The minimum atomic E-state index is -0.725. The number of benzene rings is 2. The Bertz CT molecular complexity index is 864. The van der Waals surface area contributed by atoms with Gasteiger partial charge in [0, 0.05) is 36.6 Å². The van der Waals surface area contributed by atoms with Crippen LogP contribution >= 0.6 is 11.6 Å². The molecule has 0 spiro atoms. The van der Waals surface area contributed by atoms with Gasteiger partial charge in [0.1, 0.15) is 0 Å². The average molecular weight is 445 g/mol. The van der Waals surface area contributed by atoms with E-state index in [1.165, 1.54) is 11.1 Å². The lowest BCUT2D eigenvalue weighted by Crippen LogP contribution is -2.39. The lowest BCUT2D eigenvalue weighted by molar-refractivity contribution is 0.0689. The van der Waals surface area contributed by atoms with Crippen molar-refractivity contribution < 1.29 is 15.0 Å². The molecule has 2 aromatic rings. The highest BCUT2D eigenvalue weighted by molar-refractivity contribution is 6.30. The third kappa shape index (κ3) is 6.07. The van der Waals surface area contributed by atoms with Gasteiger partial charge in [0.05, 0.1) is 12.7 Å². The number of halogens is 1. The Morgan fingerprint density at radius 1 is 1.16 bits per heavy atom. The van der Waals surface area contributed by atoms with Crippen LogP contribution in [0.15, 0.2) is 42.5 Å². The van der Waals surface area contributed by atoms with Crippen molar-refractivity contribution in [3.05, 3.63) is 69.7 Å². The molecule has 2 aromatic carbocycles. The minimum Gasteiger partial charge on any atom is -0.394 e. The van der Waals surface area contributed by atoms with Crippen LogP contribution in [0.3, 0.4) is 0 Å². The van der Waals surface area contributed by atoms with Crippen LogP contribution in [0.25, 0.3) is 0 Å².